The summed E-state index contributed by atoms with van der Waals surface area (Å²) in [6, 6.07) is 3.95. The third kappa shape index (κ3) is 2.67. The van der Waals surface area contributed by atoms with E-state index >= 15 is 0 Å². The molecule has 112 valence electrons. The van der Waals surface area contributed by atoms with Crippen molar-refractivity contribution in [2.45, 2.75) is 19.8 Å². The average molecular weight is 292 g/mol. The van der Waals surface area contributed by atoms with Gasteiger partial charge in [0.1, 0.15) is 0 Å². The lowest BCUT2D eigenvalue weighted by Crippen LogP contribution is -2.20. The molecule has 1 heterocycles. The maximum Gasteiger partial charge on any atom is 0.297 e. The summed E-state index contributed by atoms with van der Waals surface area (Å²) in [7, 11) is 1.49. The number of aromatic nitrogens is 1. The van der Waals surface area contributed by atoms with Gasteiger partial charge in [-0.1, -0.05) is 13.3 Å². The number of hydrogen-bond donors (Lipinski definition) is 1. The van der Waals surface area contributed by atoms with Crippen molar-refractivity contribution in [1.29, 1.82) is 0 Å². The van der Waals surface area contributed by atoms with E-state index in [-0.39, 0.29) is 22.7 Å². The standard InChI is InChI=1S/C14H16N2O5/c1-3-4-7-21-13-12(17)10-6-5-9(16(19)20)8-11(10)15(2)14(13)18/h5-6,8,17H,3-4,7H2,1-2H3. The molecule has 1 aromatic carbocycles. The van der Waals surface area contributed by atoms with Crippen LogP contribution in [-0.2, 0) is 7.05 Å². The predicted octanol–water partition coefficient (Wildman–Crippen LogP) is 2.33. The first-order valence-electron chi connectivity index (χ1n) is 6.60. The number of pyridine rings is 1. The van der Waals surface area contributed by atoms with E-state index in [0.717, 1.165) is 12.8 Å². The number of hydrogen-bond acceptors (Lipinski definition) is 5. The number of rotatable bonds is 5. The van der Waals surface area contributed by atoms with Crippen LogP contribution in [0.4, 0.5) is 5.69 Å². The Hall–Kier alpha value is -2.57. The lowest BCUT2D eigenvalue weighted by Gasteiger charge is -2.12. The number of nitro benzene ring substituents is 1. The van der Waals surface area contributed by atoms with Crippen molar-refractivity contribution < 1.29 is 14.8 Å². The first-order chi connectivity index (χ1) is 9.97. The van der Waals surface area contributed by atoms with Gasteiger partial charge in [0.2, 0.25) is 5.75 Å². The molecule has 0 saturated heterocycles. The van der Waals surface area contributed by atoms with Crippen LogP contribution in [0.3, 0.4) is 0 Å². The SMILES string of the molecule is CCCCOc1c(O)c2ccc([N+](=O)[O-])cc2n(C)c1=O. The fourth-order valence-corrected chi connectivity index (χ4v) is 2.05. The van der Waals surface area contributed by atoms with Crippen molar-refractivity contribution in [2.75, 3.05) is 6.61 Å². The molecule has 1 N–H and O–H groups in total. The molecule has 0 unspecified atom stereocenters. The zero-order valence-corrected chi connectivity index (χ0v) is 11.8. The normalized spacial score (nSPS) is 10.8. The van der Waals surface area contributed by atoms with Crippen LogP contribution in [0.1, 0.15) is 19.8 Å². The maximum atomic E-state index is 12.2. The van der Waals surface area contributed by atoms with E-state index in [1.165, 1.54) is 29.8 Å². The molecule has 7 nitrogen and oxygen atoms in total. The number of nitrogens with zero attached hydrogens (tertiary/aromatic N) is 2. The van der Waals surface area contributed by atoms with E-state index in [4.69, 9.17) is 4.74 Å². The van der Waals surface area contributed by atoms with Gasteiger partial charge in [0, 0.05) is 24.6 Å². The summed E-state index contributed by atoms with van der Waals surface area (Å²) < 4.78 is 6.60. The molecule has 0 radical (unpaired) electrons. The first kappa shape index (κ1) is 14.8. The van der Waals surface area contributed by atoms with E-state index in [2.05, 4.69) is 0 Å². The molecule has 1 aromatic heterocycles. The Bertz CT molecular complexity index is 751. The summed E-state index contributed by atoms with van der Waals surface area (Å²) >= 11 is 0. The zero-order valence-electron chi connectivity index (χ0n) is 11.8. The second-order valence-electron chi connectivity index (χ2n) is 4.70. The summed E-state index contributed by atoms with van der Waals surface area (Å²) in [6.45, 7) is 2.32. The van der Waals surface area contributed by atoms with Crippen LogP contribution in [0.5, 0.6) is 11.5 Å². The van der Waals surface area contributed by atoms with Crippen LogP contribution in [0, 0.1) is 10.1 Å². The predicted molar refractivity (Wildman–Crippen MR) is 77.9 cm³/mol. The Morgan fingerprint density at radius 2 is 2.14 bits per heavy atom. The van der Waals surface area contributed by atoms with Crippen molar-refractivity contribution >= 4 is 16.6 Å². The van der Waals surface area contributed by atoms with Crippen LogP contribution in [0.15, 0.2) is 23.0 Å². The minimum absolute atomic E-state index is 0.118. The minimum atomic E-state index is -0.549. The molecule has 0 bridgehead atoms. The summed E-state index contributed by atoms with van der Waals surface area (Å²) in [5.41, 5.74) is -0.373. The van der Waals surface area contributed by atoms with Gasteiger partial charge in [-0.05, 0) is 12.5 Å². The number of non-ortho nitro benzene ring substituents is 1. The minimum Gasteiger partial charge on any atom is -0.504 e. The highest BCUT2D eigenvalue weighted by Crippen LogP contribution is 2.32. The molecule has 0 aliphatic heterocycles. The highest BCUT2D eigenvalue weighted by atomic mass is 16.6. The van der Waals surface area contributed by atoms with Gasteiger partial charge in [-0.15, -0.1) is 0 Å². The van der Waals surface area contributed by atoms with Crippen molar-refractivity contribution in [3.63, 3.8) is 0 Å². The monoisotopic (exact) mass is 292 g/mol. The Morgan fingerprint density at radius 1 is 1.43 bits per heavy atom. The van der Waals surface area contributed by atoms with Crippen molar-refractivity contribution in [1.82, 2.24) is 4.57 Å². The summed E-state index contributed by atoms with van der Waals surface area (Å²) in [6.07, 6.45) is 1.67. The lowest BCUT2D eigenvalue weighted by molar-refractivity contribution is -0.384. The van der Waals surface area contributed by atoms with Crippen LogP contribution >= 0.6 is 0 Å². The van der Waals surface area contributed by atoms with Gasteiger partial charge in [0.05, 0.1) is 17.0 Å². The second kappa shape index (κ2) is 5.82. The highest BCUT2D eigenvalue weighted by molar-refractivity contribution is 5.89. The van der Waals surface area contributed by atoms with Crippen LogP contribution in [-0.4, -0.2) is 21.2 Å². The molecule has 2 rings (SSSR count). The van der Waals surface area contributed by atoms with E-state index in [0.29, 0.717) is 12.0 Å². The van der Waals surface area contributed by atoms with E-state index in [9.17, 15) is 20.0 Å². The molecule has 0 amide bonds. The van der Waals surface area contributed by atoms with Crippen molar-refractivity contribution in [3.8, 4) is 11.5 Å². The smallest absolute Gasteiger partial charge is 0.297 e. The van der Waals surface area contributed by atoms with Gasteiger partial charge < -0.3 is 14.4 Å². The molecule has 0 saturated carbocycles. The number of benzene rings is 1. The molecule has 0 spiro atoms. The Morgan fingerprint density at radius 3 is 2.76 bits per heavy atom. The molecule has 0 aliphatic rings. The quantitative estimate of drug-likeness (QED) is 0.518. The fourth-order valence-electron chi connectivity index (χ4n) is 2.05. The molecular weight excluding hydrogens is 276 g/mol. The van der Waals surface area contributed by atoms with Crippen molar-refractivity contribution in [2.24, 2.45) is 7.05 Å². The second-order valence-corrected chi connectivity index (χ2v) is 4.70. The van der Waals surface area contributed by atoms with E-state index in [1.54, 1.807) is 0 Å². The first-order valence-corrected chi connectivity index (χ1v) is 6.60. The van der Waals surface area contributed by atoms with Gasteiger partial charge in [0.25, 0.3) is 11.2 Å². The molecule has 0 atom stereocenters. The summed E-state index contributed by atoms with van der Waals surface area (Å²) in [5.74, 6) is -0.397. The maximum absolute atomic E-state index is 12.2. The molecular formula is C14H16N2O5. The number of unbranched alkanes of at least 4 members (excludes halogenated alkanes) is 1. The van der Waals surface area contributed by atoms with Gasteiger partial charge in [-0.3, -0.25) is 14.9 Å². The average Bonchev–Trinajstić information content (AvgIpc) is 2.48. The lowest BCUT2D eigenvalue weighted by atomic mass is 10.1. The van der Waals surface area contributed by atoms with Crippen LogP contribution < -0.4 is 10.3 Å². The number of aromatic hydroxyl groups is 1. The molecule has 2 aromatic rings. The van der Waals surface area contributed by atoms with Gasteiger partial charge in [-0.25, -0.2) is 0 Å². The van der Waals surface area contributed by atoms with Gasteiger partial charge in [0.15, 0.2) is 5.75 Å². The number of fused-ring (bicyclic) bond motifs is 1. The van der Waals surface area contributed by atoms with Crippen LogP contribution in [0.2, 0.25) is 0 Å². The number of aryl methyl sites for hydroxylation is 1. The Kier molecular flexibility index (Phi) is 4.11. The molecule has 21 heavy (non-hydrogen) atoms. The van der Waals surface area contributed by atoms with E-state index in [1.807, 2.05) is 6.92 Å². The van der Waals surface area contributed by atoms with Crippen molar-refractivity contribution in [3.05, 3.63) is 38.7 Å². The fraction of sp³-hybridized carbons (Fsp3) is 0.357. The molecule has 7 heteroatoms. The molecule has 0 fully saturated rings. The Labute approximate surface area is 120 Å². The summed E-state index contributed by atoms with van der Waals surface area (Å²) in [4.78, 5) is 22.4. The third-order valence-corrected chi connectivity index (χ3v) is 3.27. The van der Waals surface area contributed by atoms with Gasteiger partial charge >= 0.3 is 0 Å². The Balaban J connectivity index is 2.62. The van der Waals surface area contributed by atoms with Crippen LogP contribution in [0.25, 0.3) is 10.9 Å². The third-order valence-electron chi connectivity index (χ3n) is 3.27. The zero-order chi connectivity index (χ0) is 15.6. The van der Waals surface area contributed by atoms with Gasteiger partial charge in [-0.2, -0.15) is 0 Å². The van der Waals surface area contributed by atoms with E-state index < -0.39 is 10.5 Å². The molecule has 0 aliphatic carbocycles. The summed E-state index contributed by atoms with van der Waals surface area (Å²) in [5, 5.41) is 21.3. The largest absolute Gasteiger partial charge is 0.504 e. The highest BCUT2D eigenvalue weighted by Gasteiger charge is 2.18. The number of nitro groups is 1. The number of ether oxygens (including phenoxy) is 1. The topological polar surface area (TPSA) is 94.6 Å².